The molecule has 0 radical (unpaired) electrons. The van der Waals surface area contributed by atoms with Gasteiger partial charge in [-0.05, 0) is 29.7 Å². The summed E-state index contributed by atoms with van der Waals surface area (Å²) in [5, 5.41) is 1.55. The zero-order valence-corrected chi connectivity index (χ0v) is 17.0. The molecule has 0 spiro atoms. The molecule has 0 fully saturated rings. The van der Waals surface area contributed by atoms with Crippen molar-refractivity contribution < 1.29 is 9.15 Å². The van der Waals surface area contributed by atoms with Crippen molar-refractivity contribution in [3.05, 3.63) is 93.7 Å². The summed E-state index contributed by atoms with van der Waals surface area (Å²) in [6, 6.07) is 21.8. The largest absolute Gasteiger partial charge is 0.488 e. The van der Waals surface area contributed by atoms with Gasteiger partial charge in [0.05, 0.1) is 4.51 Å². The topological polar surface area (TPSA) is 22.4 Å². The van der Waals surface area contributed by atoms with Crippen LogP contribution in [-0.2, 0) is 13.0 Å². The Morgan fingerprint density at radius 2 is 1.71 bits per heavy atom. The van der Waals surface area contributed by atoms with Gasteiger partial charge in [-0.1, -0.05) is 79.3 Å². The van der Waals surface area contributed by atoms with Crippen LogP contribution in [-0.4, -0.2) is 0 Å². The van der Waals surface area contributed by atoms with Gasteiger partial charge < -0.3 is 9.15 Å². The predicted molar refractivity (Wildman–Crippen MR) is 118 cm³/mol. The van der Waals surface area contributed by atoms with Crippen LogP contribution in [0.5, 0.6) is 5.75 Å². The highest BCUT2D eigenvalue weighted by Gasteiger charge is 2.13. The number of ether oxygens (including phenoxy) is 1. The molecule has 0 bridgehead atoms. The quantitative estimate of drug-likeness (QED) is 0.318. The molecule has 0 aliphatic carbocycles. The Balaban J connectivity index is 1.76. The Morgan fingerprint density at radius 1 is 0.964 bits per heavy atom. The van der Waals surface area contributed by atoms with Crippen molar-refractivity contribution in [3.8, 4) is 16.9 Å². The van der Waals surface area contributed by atoms with Crippen molar-refractivity contribution in [2.75, 3.05) is 0 Å². The van der Waals surface area contributed by atoms with Gasteiger partial charge in [-0.3, -0.25) is 0 Å². The summed E-state index contributed by atoms with van der Waals surface area (Å²) in [6.45, 7) is 2.62. The number of halogens is 1. The highest BCUT2D eigenvalue weighted by molar-refractivity contribution is 7.71. The molecule has 4 heteroatoms. The zero-order valence-electron chi connectivity index (χ0n) is 15.4. The molecule has 3 aromatic carbocycles. The number of aryl methyl sites for hydroxylation is 1. The second kappa shape index (κ2) is 8.17. The fraction of sp³-hybridized carbons (Fsp3) is 0.125. The second-order valence-corrected chi connectivity index (χ2v) is 7.36. The standard InChI is InChI=1S/C24H19ClO2S/c1-2-17-12-19-23(13-22(17)26-14-16-8-4-3-5-9-16)27-15-20(24(19)28)18-10-6-7-11-21(18)25/h3-13,15H,2,14H2,1H3. The number of hydrogen-bond acceptors (Lipinski definition) is 3. The normalized spacial score (nSPS) is 10.9. The molecule has 1 aromatic heterocycles. The van der Waals surface area contributed by atoms with E-state index in [1.807, 2.05) is 60.7 Å². The molecule has 0 amide bonds. The van der Waals surface area contributed by atoms with E-state index in [-0.39, 0.29) is 0 Å². The lowest BCUT2D eigenvalue weighted by molar-refractivity contribution is 0.303. The average Bonchev–Trinajstić information content (AvgIpc) is 2.73. The first-order valence-electron chi connectivity index (χ1n) is 9.17. The fourth-order valence-corrected chi connectivity index (χ4v) is 3.77. The van der Waals surface area contributed by atoms with Gasteiger partial charge >= 0.3 is 0 Å². The first-order chi connectivity index (χ1) is 13.7. The van der Waals surface area contributed by atoms with Crippen LogP contribution in [0.25, 0.3) is 22.1 Å². The molecule has 0 atom stereocenters. The van der Waals surface area contributed by atoms with Crippen molar-refractivity contribution in [1.82, 2.24) is 0 Å². The molecule has 0 aliphatic rings. The third-order valence-electron chi connectivity index (χ3n) is 4.74. The lowest BCUT2D eigenvalue weighted by atomic mass is 10.0. The third-order valence-corrected chi connectivity index (χ3v) is 5.51. The van der Waals surface area contributed by atoms with Crippen LogP contribution >= 0.6 is 23.8 Å². The Morgan fingerprint density at radius 3 is 2.46 bits per heavy atom. The number of hydrogen-bond donors (Lipinski definition) is 0. The number of rotatable bonds is 5. The van der Waals surface area contributed by atoms with Crippen molar-refractivity contribution in [1.29, 1.82) is 0 Å². The minimum Gasteiger partial charge on any atom is -0.488 e. The highest BCUT2D eigenvalue weighted by atomic mass is 35.5. The van der Waals surface area contributed by atoms with Crippen molar-refractivity contribution in [3.63, 3.8) is 0 Å². The molecular weight excluding hydrogens is 388 g/mol. The number of fused-ring (bicyclic) bond motifs is 1. The minimum atomic E-state index is 0.512. The number of benzene rings is 3. The molecule has 0 unspecified atom stereocenters. The van der Waals surface area contributed by atoms with Crippen LogP contribution in [0.4, 0.5) is 0 Å². The molecular formula is C24H19ClO2S. The monoisotopic (exact) mass is 406 g/mol. The maximum absolute atomic E-state index is 6.36. The predicted octanol–water partition coefficient (Wildman–Crippen LogP) is 7.62. The van der Waals surface area contributed by atoms with Crippen LogP contribution in [0.3, 0.4) is 0 Å². The summed E-state index contributed by atoms with van der Waals surface area (Å²) in [4.78, 5) is 0. The van der Waals surface area contributed by atoms with Gasteiger partial charge in [-0.15, -0.1) is 0 Å². The molecule has 4 rings (SSSR count). The summed E-state index contributed by atoms with van der Waals surface area (Å²) < 4.78 is 12.7. The van der Waals surface area contributed by atoms with Gasteiger partial charge in [0.1, 0.15) is 24.2 Å². The van der Waals surface area contributed by atoms with E-state index >= 15 is 0 Å². The average molecular weight is 407 g/mol. The molecule has 28 heavy (non-hydrogen) atoms. The van der Waals surface area contributed by atoms with E-state index in [1.165, 1.54) is 0 Å². The fourth-order valence-electron chi connectivity index (χ4n) is 3.21. The second-order valence-electron chi connectivity index (χ2n) is 6.54. The molecule has 0 saturated heterocycles. The van der Waals surface area contributed by atoms with E-state index in [1.54, 1.807) is 6.26 Å². The molecule has 1 heterocycles. The van der Waals surface area contributed by atoms with Crippen LogP contribution in [0.2, 0.25) is 5.02 Å². The Labute approximate surface area is 174 Å². The molecule has 140 valence electrons. The summed E-state index contributed by atoms with van der Waals surface area (Å²) >= 11 is 12.1. The van der Waals surface area contributed by atoms with Crippen molar-refractivity contribution >= 4 is 34.8 Å². The van der Waals surface area contributed by atoms with E-state index in [4.69, 9.17) is 33.0 Å². The van der Waals surface area contributed by atoms with Gasteiger partial charge in [0.2, 0.25) is 0 Å². The molecule has 4 aromatic rings. The lowest BCUT2D eigenvalue weighted by Crippen LogP contribution is -1.98. The van der Waals surface area contributed by atoms with E-state index in [2.05, 4.69) is 13.0 Å². The molecule has 2 nitrogen and oxygen atoms in total. The van der Waals surface area contributed by atoms with Gasteiger partial charge in [0, 0.05) is 27.6 Å². The molecule has 0 saturated carbocycles. The van der Waals surface area contributed by atoms with Crippen LogP contribution in [0.1, 0.15) is 18.1 Å². The summed E-state index contributed by atoms with van der Waals surface area (Å²) in [5.41, 5.74) is 4.64. The first kappa shape index (κ1) is 18.7. The van der Waals surface area contributed by atoms with Crippen LogP contribution < -0.4 is 4.74 Å². The highest BCUT2D eigenvalue weighted by Crippen LogP contribution is 2.34. The van der Waals surface area contributed by atoms with Gasteiger partial charge in [-0.2, -0.15) is 0 Å². The van der Waals surface area contributed by atoms with Crippen LogP contribution in [0.15, 0.2) is 77.4 Å². The van der Waals surface area contributed by atoms with Crippen LogP contribution in [0, 0.1) is 4.51 Å². The third kappa shape index (κ3) is 3.68. The first-order valence-corrected chi connectivity index (χ1v) is 9.96. The van der Waals surface area contributed by atoms with E-state index in [9.17, 15) is 0 Å². The van der Waals surface area contributed by atoms with E-state index in [0.29, 0.717) is 17.2 Å². The van der Waals surface area contributed by atoms with Crippen molar-refractivity contribution in [2.45, 2.75) is 20.0 Å². The van der Waals surface area contributed by atoms with E-state index in [0.717, 1.165) is 44.3 Å². The van der Waals surface area contributed by atoms with Gasteiger partial charge in [-0.25, -0.2) is 0 Å². The zero-order chi connectivity index (χ0) is 19.5. The Kier molecular flexibility index (Phi) is 5.47. The summed E-state index contributed by atoms with van der Waals surface area (Å²) in [7, 11) is 0. The maximum Gasteiger partial charge on any atom is 0.138 e. The summed E-state index contributed by atoms with van der Waals surface area (Å²) in [5.74, 6) is 0.822. The minimum absolute atomic E-state index is 0.512. The van der Waals surface area contributed by atoms with Gasteiger partial charge in [0.15, 0.2) is 0 Å². The summed E-state index contributed by atoms with van der Waals surface area (Å²) in [6.07, 6.45) is 2.52. The SMILES string of the molecule is CCc1cc2c(=S)c(-c3ccccc3Cl)coc2cc1OCc1ccccc1. The Bertz CT molecular complexity index is 1180. The molecule has 0 aliphatic heterocycles. The smallest absolute Gasteiger partial charge is 0.138 e. The van der Waals surface area contributed by atoms with Gasteiger partial charge in [0.25, 0.3) is 0 Å². The Hall–Kier alpha value is -2.62. The lowest BCUT2D eigenvalue weighted by Gasteiger charge is -2.13. The van der Waals surface area contributed by atoms with E-state index < -0.39 is 0 Å². The van der Waals surface area contributed by atoms with Crippen molar-refractivity contribution in [2.24, 2.45) is 0 Å². The molecule has 0 N–H and O–H groups in total. The maximum atomic E-state index is 6.36.